The highest BCUT2D eigenvalue weighted by atomic mass is 15.3. The topological polar surface area (TPSA) is 6.48 Å². The van der Waals surface area contributed by atoms with Crippen molar-refractivity contribution in [3.05, 3.63) is 42.0 Å². The van der Waals surface area contributed by atoms with Gasteiger partial charge in [0.05, 0.1) is 0 Å². The summed E-state index contributed by atoms with van der Waals surface area (Å²) in [7, 11) is 0. The van der Waals surface area contributed by atoms with Gasteiger partial charge in [0.15, 0.2) is 0 Å². The Hall–Kier alpha value is -1.12. The molecule has 2 nitrogen and oxygen atoms in total. The van der Waals surface area contributed by atoms with Gasteiger partial charge >= 0.3 is 0 Å². The highest BCUT2D eigenvalue weighted by molar-refractivity contribution is 5.48. The molecule has 0 unspecified atom stereocenters. The normalized spacial score (nSPS) is 28.4. The van der Waals surface area contributed by atoms with Crippen molar-refractivity contribution in [3.63, 3.8) is 0 Å². The Kier molecular flexibility index (Phi) is 5.10. The second-order valence-electron chi connectivity index (χ2n) is 6.72. The van der Waals surface area contributed by atoms with Gasteiger partial charge in [0.1, 0.15) is 0 Å². The minimum atomic E-state index is 0.877. The molecule has 2 fully saturated rings. The van der Waals surface area contributed by atoms with Gasteiger partial charge in [0.25, 0.3) is 0 Å². The van der Waals surface area contributed by atoms with Crippen LogP contribution in [0.25, 0.3) is 6.08 Å². The predicted octanol–water partition coefficient (Wildman–Crippen LogP) is 3.51. The molecule has 1 saturated carbocycles. The highest BCUT2D eigenvalue weighted by Gasteiger charge is 2.28. The molecule has 0 bridgehead atoms. The van der Waals surface area contributed by atoms with Crippen molar-refractivity contribution in [1.82, 2.24) is 9.80 Å². The predicted molar refractivity (Wildman–Crippen MR) is 90.3 cm³/mol. The Morgan fingerprint density at radius 1 is 1.05 bits per heavy atom. The van der Waals surface area contributed by atoms with Crippen LogP contribution in [0.15, 0.2) is 36.4 Å². The fraction of sp³-hybridized carbons (Fsp3) is 0.579. The van der Waals surface area contributed by atoms with E-state index < -0.39 is 0 Å². The summed E-state index contributed by atoms with van der Waals surface area (Å²) in [6, 6.07) is 11.5. The van der Waals surface area contributed by atoms with E-state index >= 15 is 0 Å². The molecular weight excluding hydrogens is 256 g/mol. The van der Waals surface area contributed by atoms with Crippen LogP contribution in [0.3, 0.4) is 0 Å². The summed E-state index contributed by atoms with van der Waals surface area (Å²) in [4.78, 5) is 5.31. The second kappa shape index (κ2) is 7.24. The van der Waals surface area contributed by atoms with Crippen molar-refractivity contribution in [2.75, 3.05) is 32.7 Å². The van der Waals surface area contributed by atoms with Crippen LogP contribution in [0.5, 0.6) is 0 Å². The van der Waals surface area contributed by atoms with Gasteiger partial charge < -0.3 is 0 Å². The van der Waals surface area contributed by atoms with Crippen molar-refractivity contribution in [3.8, 4) is 0 Å². The molecule has 1 aliphatic carbocycles. The zero-order valence-electron chi connectivity index (χ0n) is 13.2. The summed E-state index contributed by atoms with van der Waals surface area (Å²) < 4.78 is 0. The van der Waals surface area contributed by atoms with Gasteiger partial charge in [-0.25, -0.2) is 0 Å². The van der Waals surface area contributed by atoms with Crippen molar-refractivity contribution in [1.29, 1.82) is 0 Å². The average Bonchev–Trinajstić information content (AvgIpc) is 2.96. The number of hydrogen-bond donors (Lipinski definition) is 0. The molecule has 2 atom stereocenters. The van der Waals surface area contributed by atoms with E-state index in [1.165, 1.54) is 51.0 Å². The monoisotopic (exact) mass is 284 g/mol. The molecule has 0 aromatic heterocycles. The molecule has 2 heteroatoms. The Morgan fingerprint density at radius 3 is 2.48 bits per heavy atom. The second-order valence-corrected chi connectivity index (χ2v) is 6.72. The molecule has 0 radical (unpaired) electrons. The molecule has 0 spiro atoms. The van der Waals surface area contributed by atoms with Gasteiger partial charge in [-0.05, 0) is 30.7 Å². The van der Waals surface area contributed by atoms with Crippen LogP contribution in [0, 0.1) is 5.92 Å². The van der Waals surface area contributed by atoms with E-state index in [0.29, 0.717) is 0 Å². The quantitative estimate of drug-likeness (QED) is 0.835. The Balaban J connectivity index is 1.41. The van der Waals surface area contributed by atoms with E-state index in [9.17, 15) is 0 Å². The van der Waals surface area contributed by atoms with Crippen LogP contribution in [0.1, 0.15) is 31.7 Å². The molecule has 0 amide bonds. The molecule has 1 saturated heterocycles. The maximum absolute atomic E-state index is 2.74. The summed E-state index contributed by atoms with van der Waals surface area (Å²) in [6.45, 7) is 8.47. The number of nitrogens with zero attached hydrogens (tertiary/aromatic N) is 2. The van der Waals surface area contributed by atoms with Crippen LogP contribution in [0.4, 0.5) is 0 Å². The van der Waals surface area contributed by atoms with E-state index in [1.54, 1.807) is 0 Å². The zero-order chi connectivity index (χ0) is 14.5. The van der Waals surface area contributed by atoms with E-state index in [4.69, 9.17) is 0 Å². The molecule has 2 aliphatic rings. The van der Waals surface area contributed by atoms with E-state index in [0.717, 1.165) is 18.5 Å². The fourth-order valence-electron chi connectivity index (χ4n) is 3.72. The molecule has 1 aromatic rings. The van der Waals surface area contributed by atoms with Crippen LogP contribution in [0.2, 0.25) is 0 Å². The van der Waals surface area contributed by atoms with Crippen LogP contribution in [-0.4, -0.2) is 48.6 Å². The minimum absolute atomic E-state index is 0.877. The van der Waals surface area contributed by atoms with Gasteiger partial charge in [-0.3, -0.25) is 9.80 Å². The number of piperazine rings is 1. The lowest BCUT2D eigenvalue weighted by atomic mass is 10.1. The van der Waals surface area contributed by atoms with E-state index in [-0.39, 0.29) is 0 Å². The van der Waals surface area contributed by atoms with Gasteiger partial charge in [-0.2, -0.15) is 0 Å². The standard InChI is InChI=1S/C19H28N2/c1-17-9-10-19(16-17)21-14-12-20(13-15-21)11-5-8-18-6-3-2-4-7-18/h2-8,17,19H,9-16H2,1H3/t17-,19+/m1/s1. The Morgan fingerprint density at radius 2 is 1.81 bits per heavy atom. The maximum atomic E-state index is 2.74. The molecule has 1 aliphatic heterocycles. The van der Waals surface area contributed by atoms with Gasteiger partial charge in [0.2, 0.25) is 0 Å². The van der Waals surface area contributed by atoms with Gasteiger partial charge in [0, 0.05) is 38.8 Å². The van der Waals surface area contributed by atoms with Crippen molar-refractivity contribution >= 4 is 6.08 Å². The third-order valence-corrected chi connectivity index (χ3v) is 5.06. The smallest absolute Gasteiger partial charge is 0.0167 e. The van der Waals surface area contributed by atoms with E-state index in [2.05, 4.69) is 59.2 Å². The summed E-state index contributed by atoms with van der Waals surface area (Å²) in [5, 5.41) is 0. The first-order valence-corrected chi connectivity index (χ1v) is 8.49. The third-order valence-electron chi connectivity index (χ3n) is 5.06. The summed E-state index contributed by atoms with van der Waals surface area (Å²) in [5.74, 6) is 0.946. The first-order chi connectivity index (χ1) is 10.3. The van der Waals surface area contributed by atoms with Crippen LogP contribution < -0.4 is 0 Å². The highest BCUT2D eigenvalue weighted by Crippen LogP contribution is 2.29. The summed E-state index contributed by atoms with van der Waals surface area (Å²) in [6.07, 6.45) is 8.83. The number of rotatable bonds is 4. The maximum Gasteiger partial charge on any atom is 0.0167 e. The van der Waals surface area contributed by atoms with Gasteiger partial charge in [-0.15, -0.1) is 0 Å². The summed E-state index contributed by atoms with van der Waals surface area (Å²) in [5.41, 5.74) is 1.30. The molecule has 0 N–H and O–H groups in total. The van der Waals surface area contributed by atoms with Gasteiger partial charge in [-0.1, -0.05) is 49.4 Å². The summed E-state index contributed by atoms with van der Waals surface area (Å²) >= 11 is 0. The molecule has 3 rings (SSSR count). The zero-order valence-corrected chi connectivity index (χ0v) is 13.2. The number of benzene rings is 1. The lowest BCUT2D eigenvalue weighted by Crippen LogP contribution is -2.49. The average molecular weight is 284 g/mol. The first kappa shape index (κ1) is 14.8. The first-order valence-electron chi connectivity index (χ1n) is 8.49. The molecule has 1 heterocycles. The fourth-order valence-corrected chi connectivity index (χ4v) is 3.72. The lowest BCUT2D eigenvalue weighted by molar-refractivity contribution is 0.104. The SMILES string of the molecule is C[C@@H]1CC[C@H](N2CCN(CC=Cc3ccccc3)CC2)C1. The minimum Gasteiger partial charge on any atom is -0.298 e. The molecule has 1 aromatic carbocycles. The third kappa shape index (κ3) is 4.18. The Labute approximate surface area is 129 Å². The van der Waals surface area contributed by atoms with E-state index in [1.807, 2.05) is 0 Å². The lowest BCUT2D eigenvalue weighted by Gasteiger charge is -2.37. The molecule has 114 valence electrons. The Bertz CT molecular complexity index is 446. The number of hydrogen-bond acceptors (Lipinski definition) is 2. The van der Waals surface area contributed by atoms with Crippen molar-refractivity contribution in [2.24, 2.45) is 5.92 Å². The molecule has 21 heavy (non-hydrogen) atoms. The largest absolute Gasteiger partial charge is 0.298 e. The van der Waals surface area contributed by atoms with Crippen molar-refractivity contribution in [2.45, 2.75) is 32.2 Å². The van der Waals surface area contributed by atoms with Crippen molar-refractivity contribution < 1.29 is 0 Å². The van der Waals surface area contributed by atoms with Crippen LogP contribution in [-0.2, 0) is 0 Å². The molecular formula is C19H28N2. The van der Waals surface area contributed by atoms with Crippen LogP contribution >= 0.6 is 0 Å².